The van der Waals surface area contributed by atoms with E-state index in [0.29, 0.717) is 11.2 Å². The zero-order valence-electron chi connectivity index (χ0n) is 9.63. The zero-order chi connectivity index (χ0) is 12.7. The maximum absolute atomic E-state index is 11.6. The van der Waals surface area contributed by atoms with Crippen molar-refractivity contribution in [3.63, 3.8) is 0 Å². The van der Waals surface area contributed by atoms with Gasteiger partial charge in [0.25, 0.3) is 5.56 Å². The summed E-state index contributed by atoms with van der Waals surface area (Å²) in [6, 6.07) is 0.144. The van der Waals surface area contributed by atoms with Gasteiger partial charge in [0, 0.05) is 6.04 Å². The number of aromatic amines is 1. The lowest BCUT2D eigenvalue weighted by Crippen LogP contribution is -2.13. The Morgan fingerprint density at radius 1 is 1.61 bits per heavy atom. The van der Waals surface area contributed by atoms with Crippen LogP contribution in [-0.2, 0) is 0 Å². The molecule has 1 aliphatic rings. The van der Waals surface area contributed by atoms with E-state index in [0.717, 1.165) is 18.4 Å². The van der Waals surface area contributed by atoms with Crippen LogP contribution in [0.2, 0.25) is 0 Å². The molecule has 7 heteroatoms. The topological polar surface area (TPSA) is 110 Å². The van der Waals surface area contributed by atoms with Gasteiger partial charge >= 0.3 is 0 Å². The highest BCUT2D eigenvalue weighted by molar-refractivity contribution is 5.70. The summed E-state index contributed by atoms with van der Waals surface area (Å²) in [5.41, 5.74) is 7.00. The van der Waals surface area contributed by atoms with Crippen molar-refractivity contribution < 1.29 is 5.11 Å². The molecule has 0 saturated carbocycles. The Morgan fingerprint density at radius 3 is 3.17 bits per heavy atom. The van der Waals surface area contributed by atoms with Crippen molar-refractivity contribution in [1.82, 2.24) is 19.5 Å². The van der Waals surface area contributed by atoms with Crippen LogP contribution in [-0.4, -0.2) is 31.2 Å². The Balaban J connectivity index is 2.06. The van der Waals surface area contributed by atoms with Gasteiger partial charge in [-0.3, -0.25) is 9.78 Å². The first-order valence-electron chi connectivity index (χ1n) is 5.70. The molecule has 0 radical (unpaired) electrons. The molecule has 7 nitrogen and oxygen atoms in total. The van der Waals surface area contributed by atoms with Crippen LogP contribution in [0.3, 0.4) is 0 Å². The second-order valence-electron chi connectivity index (χ2n) is 4.39. The largest absolute Gasteiger partial charge is 0.392 e. The summed E-state index contributed by atoms with van der Waals surface area (Å²) in [5.74, 6) is 0.0857. The molecular weight excluding hydrogens is 234 g/mol. The molecule has 94 valence electrons. The molecule has 0 aromatic carbocycles. The Morgan fingerprint density at radius 2 is 2.44 bits per heavy atom. The van der Waals surface area contributed by atoms with Crippen molar-refractivity contribution in [2.24, 2.45) is 0 Å². The van der Waals surface area contributed by atoms with E-state index in [1.54, 1.807) is 6.33 Å². The van der Waals surface area contributed by atoms with E-state index in [-0.39, 0.29) is 24.2 Å². The minimum Gasteiger partial charge on any atom is -0.392 e. The number of aromatic nitrogens is 4. The number of hydrogen-bond acceptors (Lipinski definition) is 5. The quantitative estimate of drug-likeness (QED) is 0.645. The standard InChI is InChI=1S/C11H13N5O2/c12-11-14-9-8(10(18)15-11)13-5-16(9)7-2-1-6(3-7)4-17/h1,5,7,17H,2-4H2,(H3,12,14,15,18). The molecular formula is C11H13N5O2. The molecule has 0 fully saturated rings. The molecule has 2 aromatic heterocycles. The van der Waals surface area contributed by atoms with Gasteiger partial charge in [-0.2, -0.15) is 4.98 Å². The van der Waals surface area contributed by atoms with Crippen molar-refractivity contribution in [3.05, 3.63) is 28.3 Å². The van der Waals surface area contributed by atoms with E-state index < -0.39 is 0 Å². The van der Waals surface area contributed by atoms with Crippen molar-refractivity contribution in [2.75, 3.05) is 12.3 Å². The summed E-state index contributed by atoms with van der Waals surface area (Å²) in [5, 5.41) is 9.10. The first kappa shape index (κ1) is 11.0. The van der Waals surface area contributed by atoms with Crippen LogP contribution >= 0.6 is 0 Å². The van der Waals surface area contributed by atoms with Crippen LogP contribution in [0.5, 0.6) is 0 Å². The third-order valence-electron chi connectivity index (χ3n) is 3.22. The molecule has 3 rings (SSSR count). The molecule has 2 aromatic rings. The van der Waals surface area contributed by atoms with Crippen LogP contribution in [0, 0.1) is 0 Å². The van der Waals surface area contributed by atoms with Crippen molar-refractivity contribution >= 4 is 17.1 Å². The van der Waals surface area contributed by atoms with Crippen LogP contribution in [0.15, 0.2) is 22.8 Å². The smallest absolute Gasteiger partial charge is 0.280 e. The average molecular weight is 247 g/mol. The molecule has 1 unspecified atom stereocenters. The maximum atomic E-state index is 11.6. The molecule has 4 N–H and O–H groups in total. The first-order valence-corrected chi connectivity index (χ1v) is 5.70. The number of aliphatic hydroxyl groups is 1. The zero-order valence-corrected chi connectivity index (χ0v) is 9.63. The van der Waals surface area contributed by atoms with Gasteiger partial charge in [0.05, 0.1) is 12.9 Å². The van der Waals surface area contributed by atoms with Crippen LogP contribution in [0.4, 0.5) is 5.95 Å². The van der Waals surface area contributed by atoms with Gasteiger partial charge in [-0.05, 0) is 18.4 Å². The molecule has 0 bridgehead atoms. The van der Waals surface area contributed by atoms with Crippen LogP contribution in [0.25, 0.3) is 11.2 Å². The maximum Gasteiger partial charge on any atom is 0.280 e. The van der Waals surface area contributed by atoms with Crippen molar-refractivity contribution in [1.29, 1.82) is 0 Å². The summed E-state index contributed by atoms with van der Waals surface area (Å²) in [6.45, 7) is 0.0687. The Hall–Kier alpha value is -2.15. The van der Waals surface area contributed by atoms with Crippen molar-refractivity contribution in [2.45, 2.75) is 18.9 Å². The lowest BCUT2D eigenvalue weighted by Gasteiger charge is -2.12. The summed E-state index contributed by atoms with van der Waals surface area (Å²) in [4.78, 5) is 22.3. The fraction of sp³-hybridized carbons (Fsp3) is 0.364. The lowest BCUT2D eigenvalue weighted by atomic mass is 10.2. The van der Waals surface area contributed by atoms with E-state index in [9.17, 15) is 4.79 Å². The van der Waals surface area contributed by atoms with Crippen LogP contribution < -0.4 is 11.3 Å². The summed E-state index contributed by atoms with van der Waals surface area (Å²) >= 11 is 0. The fourth-order valence-corrected chi connectivity index (χ4v) is 2.32. The highest BCUT2D eigenvalue weighted by Crippen LogP contribution is 2.30. The number of fused-ring (bicyclic) bond motifs is 1. The Bertz CT molecular complexity index is 684. The normalized spacial score (nSPS) is 19.4. The molecule has 18 heavy (non-hydrogen) atoms. The van der Waals surface area contributed by atoms with Gasteiger partial charge < -0.3 is 15.4 Å². The molecule has 2 heterocycles. The third-order valence-corrected chi connectivity index (χ3v) is 3.22. The highest BCUT2D eigenvalue weighted by Gasteiger charge is 2.21. The van der Waals surface area contributed by atoms with Gasteiger partial charge in [0.1, 0.15) is 0 Å². The summed E-state index contributed by atoms with van der Waals surface area (Å²) in [7, 11) is 0. The number of hydrogen-bond donors (Lipinski definition) is 3. The number of aliphatic hydroxyl groups excluding tert-OH is 1. The van der Waals surface area contributed by atoms with Crippen molar-refractivity contribution in [3.8, 4) is 0 Å². The molecule has 1 aliphatic carbocycles. The van der Waals surface area contributed by atoms with Gasteiger partial charge in [-0.15, -0.1) is 0 Å². The molecule has 0 spiro atoms. The highest BCUT2D eigenvalue weighted by atomic mass is 16.3. The number of nitrogens with zero attached hydrogens (tertiary/aromatic N) is 3. The molecule has 0 saturated heterocycles. The molecule has 0 aliphatic heterocycles. The van der Waals surface area contributed by atoms with E-state index in [1.807, 2.05) is 10.6 Å². The lowest BCUT2D eigenvalue weighted by molar-refractivity contribution is 0.325. The third kappa shape index (κ3) is 1.60. The molecule has 0 amide bonds. The van der Waals surface area contributed by atoms with Crippen LogP contribution in [0.1, 0.15) is 18.9 Å². The number of allylic oxidation sites excluding steroid dienone is 1. The second-order valence-corrected chi connectivity index (χ2v) is 4.39. The minimum atomic E-state index is -0.329. The summed E-state index contributed by atoms with van der Waals surface area (Å²) in [6.07, 6.45) is 5.16. The predicted octanol–water partition coefficient (Wildman–Crippen LogP) is -0.0446. The number of nitrogens with two attached hydrogens (primary N) is 1. The summed E-state index contributed by atoms with van der Waals surface area (Å²) < 4.78 is 1.85. The molecule has 1 atom stereocenters. The average Bonchev–Trinajstić information content (AvgIpc) is 2.93. The SMILES string of the molecule is Nc1nc2c(ncn2C2CC=C(CO)C2)c(=O)[nH]1. The number of nitrogens with one attached hydrogen (secondary N) is 1. The van der Waals surface area contributed by atoms with Gasteiger partial charge in [-0.25, -0.2) is 4.98 Å². The Labute approximate surface area is 102 Å². The monoisotopic (exact) mass is 247 g/mol. The fourth-order valence-electron chi connectivity index (χ4n) is 2.32. The van der Waals surface area contributed by atoms with Gasteiger partial charge in [0.15, 0.2) is 11.2 Å². The predicted molar refractivity (Wildman–Crippen MR) is 66.0 cm³/mol. The minimum absolute atomic E-state index is 0.0687. The number of rotatable bonds is 2. The number of anilines is 1. The van der Waals surface area contributed by atoms with E-state index in [4.69, 9.17) is 10.8 Å². The number of nitrogen functional groups attached to an aromatic ring is 1. The van der Waals surface area contributed by atoms with E-state index in [1.165, 1.54) is 0 Å². The van der Waals surface area contributed by atoms with E-state index >= 15 is 0 Å². The Kier molecular flexibility index (Phi) is 2.41. The van der Waals surface area contributed by atoms with E-state index in [2.05, 4.69) is 15.0 Å². The second kappa shape index (κ2) is 3.95. The van der Waals surface area contributed by atoms with Gasteiger partial charge in [-0.1, -0.05) is 6.08 Å². The van der Waals surface area contributed by atoms with Gasteiger partial charge in [0.2, 0.25) is 5.95 Å². The number of imidazole rings is 1. The number of H-pyrrole nitrogens is 1. The first-order chi connectivity index (χ1) is 8.69.